The van der Waals surface area contributed by atoms with Crippen LogP contribution < -0.4 is 5.32 Å². The van der Waals surface area contributed by atoms with E-state index >= 15 is 0 Å². The van der Waals surface area contributed by atoms with E-state index in [-0.39, 0.29) is 17.4 Å². The van der Waals surface area contributed by atoms with Crippen LogP contribution in [0.3, 0.4) is 0 Å². The van der Waals surface area contributed by atoms with Crippen molar-refractivity contribution in [2.45, 2.75) is 25.8 Å². The molecule has 0 atom stereocenters. The number of nitrogens with zero attached hydrogens (tertiary/aromatic N) is 2. The van der Waals surface area contributed by atoms with Crippen LogP contribution in [-0.4, -0.2) is 48.5 Å². The minimum atomic E-state index is -3.18. The Labute approximate surface area is 123 Å². The van der Waals surface area contributed by atoms with Crippen molar-refractivity contribution in [3.05, 3.63) is 29.8 Å². The second-order valence-corrected chi connectivity index (χ2v) is 7.15. The molecule has 0 spiro atoms. The molecule has 0 aliphatic carbocycles. The van der Waals surface area contributed by atoms with Crippen molar-refractivity contribution in [1.29, 1.82) is 0 Å². The van der Waals surface area contributed by atoms with Gasteiger partial charge in [0.15, 0.2) is 0 Å². The molecule has 2 heterocycles. The van der Waals surface area contributed by atoms with Gasteiger partial charge in [-0.2, -0.15) is 4.39 Å². The average Bonchev–Trinajstić information content (AvgIpc) is 2.48. The van der Waals surface area contributed by atoms with Crippen LogP contribution in [0.25, 0.3) is 0 Å². The zero-order chi connectivity index (χ0) is 15.5. The van der Waals surface area contributed by atoms with Crippen molar-refractivity contribution >= 4 is 15.9 Å². The number of pyridine rings is 1. The molecule has 0 unspecified atom stereocenters. The summed E-state index contributed by atoms with van der Waals surface area (Å²) in [5, 5.41) is 2.73. The molecule has 21 heavy (non-hydrogen) atoms. The molecule has 0 bridgehead atoms. The fourth-order valence-electron chi connectivity index (χ4n) is 2.28. The number of carbonyl (C=O) groups is 1. The lowest BCUT2D eigenvalue weighted by Crippen LogP contribution is -2.47. The highest BCUT2D eigenvalue weighted by Crippen LogP contribution is 2.15. The van der Waals surface area contributed by atoms with Crippen LogP contribution in [-0.2, 0) is 10.0 Å². The Morgan fingerprint density at radius 2 is 2.14 bits per heavy atom. The van der Waals surface area contributed by atoms with E-state index in [9.17, 15) is 17.6 Å². The van der Waals surface area contributed by atoms with E-state index in [0.29, 0.717) is 25.9 Å². The summed E-state index contributed by atoms with van der Waals surface area (Å²) in [5.74, 6) is -1.25. The highest BCUT2D eigenvalue weighted by Gasteiger charge is 2.27. The Balaban J connectivity index is 1.92. The van der Waals surface area contributed by atoms with Gasteiger partial charge >= 0.3 is 0 Å². The van der Waals surface area contributed by atoms with Gasteiger partial charge in [-0.15, -0.1) is 0 Å². The second-order valence-electron chi connectivity index (χ2n) is 4.89. The Hall–Kier alpha value is -1.54. The van der Waals surface area contributed by atoms with Crippen LogP contribution in [0, 0.1) is 5.95 Å². The maximum atomic E-state index is 13.4. The van der Waals surface area contributed by atoms with Crippen molar-refractivity contribution in [3.8, 4) is 0 Å². The van der Waals surface area contributed by atoms with E-state index in [1.165, 1.54) is 22.6 Å². The topological polar surface area (TPSA) is 79.4 Å². The third-order valence-corrected chi connectivity index (χ3v) is 5.43. The number of piperidine rings is 1. The van der Waals surface area contributed by atoms with Gasteiger partial charge in [0.1, 0.15) is 0 Å². The largest absolute Gasteiger partial charge is 0.349 e. The molecular weight excluding hydrogens is 297 g/mol. The third-order valence-electron chi connectivity index (χ3n) is 3.55. The van der Waals surface area contributed by atoms with Crippen molar-refractivity contribution in [1.82, 2.24) is 14.6 Å². The Kier molecular flexibility index (Phi) is 4.89. The van der Waals surface area contributed by atoms with E-state index < -0.39 is 21.9 Å². The van der Waals surface area contributed by atoms with Crippen LogP contribution in [0.15, 0.2) is 18.3 Å². The minimum absolute atomic E-state index is 0.0743. The Bertz CT molecular complexity index is 613. The number of aromatic nitrogens is 1. The summed E-state index contributed by atoms with van der Waals surface area (Å²) in [6, 6.07) is 2.71. The van der Waals surface area contributed by atoms with Crippen LogP contribution >= 0.6 is 0 Å². The molecule has 1 amide bonds. The number of sulfonamides is 1. The molecule has 1 aliphatic heterocycles. The predicted molar refractivity (Wildman–Crippen MR) is 75.7 cm³/mol. The van der Waals surface area contributed by atoms with Gasteiger partial charge in [-0.25, -0.2) is 17.7 Å². The van der Waals surface area contributed by atoms with Crippen molar-refractivity contribution in [2.24, 2.45) is 0 Å². The molecule has 0 aromatic carbocycles. The molecule has 0 radical (unpaired) electrons. The molecule has 1 N–H and O–H groups in total. The lowest BCUT2D eigenvalue weighted by atomic mass is 10.1. The fraction of sp³-hybridized carbons (Fsp3) is 0.538. The van der Waals surface area contributed by atoms with Crippen LogP contribution in [0.2, 0.25) is 0 Å². The van der Waals surface area contributed by atoms with Crippen LogP contribution in [0.5, 0.6) is 0 Å². The molecule has 116 valence electrons. The molecule has 0 saturated carbocycles. The first kappa shape index (κ1) is 15.8. The summed E-state index contributed by atoms with van der Waals surface area (Å²) < 4.78 is 38.3. The van der Waals surface area contributed by atoms with Crippen molar-refractivity contribution in [2.75, 3.05) is 18.8 Å². The smallest absolute Gasteiger partial charge is 0.256 e. The zero-order valence-electron chi connectivity index (χ0n) is 11.8. The van der Waals surface area contributed by atoms with Gasteiger partial charge in [0.25, 0.3) is 5.91 Å². The van der Waals surface area contributed by atoms with Gasteiger partial charge in [-0.1, -0.05) is 0 Å². The number of hydrogen-bond donors (Lipinski definition) is 1. The van der Waals surface area contributed by atoms with E-state index in [0.717, 1.165) is 0 Å². The van der Waals surface area contributed by atoms with E-state index in [4.69, 9.17) is 0 Å². The van der Waals surface area contributed by atoms with Crippen molar-refractivity contribution < 1.29 is 17.6 Å². The lowest BCUT2D eigenvalue weighted by Gasteiger charge is -2.31. The SMILES string of the molecule is CCS(=O)(=O)N1CCC(NC(=O)c2cccnc2F)CC1. The number of nitrogens with one attached hydrogen (secondary N) is 1. The van der Waals surface area contributed by atoms with Crippen molar-refractivity contribution in [3.63, 3.8) is 0 Å². The minimum Gasteiger partial charge on any atom is -0.349 e. The van der Waals surface area contributed by atoms with Gasteiger partial charge in [0.05, 0.1) is 11.3 Å². The summed E-state index contributed by atoms with van der Waals surface area (Å²) >= 11 is 0. The van der Waals surface area contributed by atoms with Gasteiger partial charge in [-0.3, -0.25) is 4.79 Å². The molecule has 1 aliphatic rings. The maximum absolute atomic E-state index is 13.4. The van der Waals surface area contributed by atoms with E-state index in [1.807, 2.05) is 0 Å². The summed E-state index contributed by atoms with van der Waals surface area (Å²) in [4.78, 5) is 15.4. The third kappa shape index (κ3) is 3.76. The van der Waals surface area contributed by atoms with Gasteiger partial charge in [0.2, 0.25) is 16.0 Å². The first-order chi connectivity index (χ1) is 9.94. The zero-order valence-corrected chi connectivity index (χ0v) is 12.6. The quantitative estimate of drug-likeness (QED) is 0.832. The molecule has 2 rings (SSSR count). The monoisotopic (exact) mass is 315 g/mol. The number of carbonyl (C=O) groups excluding carboxylic acids is 1. The van der Waals surface area contributed by atoms with Crippen LogP contribution in [0.1, 0.15) is 30.1 Å². The van der Waals surface area contributed by atoms with E-state index in [2.05, 4.69) is 10.3 Å². The van der Waals surface area contributed by atoms with Gasteiger partial charge < -0.3 is 5.32 Å². The highest BCUT2D eigenvalue weighted by molar-refractivity contribution is 7.89. The number of halogens is 1. The number of hydrogen-bond acceptors (Lipinski definition) is 4. The second kappa shape index (κ2) is 6.48. The standard InChI is InChI=1S/C13H18FN3O3S/c1-2-21(19,20)17-8-5-10(6-9-17)16-13(18)11-4-3-7-15-12(11)14/h3-4,7,10H,2,5-6,8-9H2,1H3,(H,16,18). The van der Waals surface area contributed by atoms with Gasteiger partial charge in [-0.05, 0) is 31.9 Å². The summed E-state index contributed by atoms with van der Waals surface area (Å²) in [6.07, 6.45) is 2.32. The molecular formula is C13H18FN3O3S. The van der Waals surface area contributed by atoms with E-state index in [1.54, 1.807) is 6.92 Å². The molecule has 1 aromatic rings. The lowest BCUT2D eigenvalue weighted by molar-refractivity contribution is 0.0919. The molecule has 8 heteroatoms. The molecule has 1 saturated heterocycles. The number of amides is 1. The molecule has 6 nitrogen and oxygen atoms in total. The summed E-state index contributed by atoms with van der Waals surface area (Å²) in [5.41, 5.74) is -0.0962. The summed E-state index contributed by atoms with van der Waals surface area (Å²) in [6.45, 7) is 2.35. The average molecular weight is 315 g/mol. The van der Waals surface area contributed by atoms with Crippen LogP contribution in [0.4, 0.5) is 4.39 Å². The first-order valence-electron chi connectivity index (χ1n) is 6.83. The van der Waals surface area contributed by atoms with Gasteiger partial charge in [0, 0.05) is 25.3 Å². The fourth-order valence-corrected chi connectivity index (χ4v) is 3.41. The first-order valence-corrected chi connectivity index (χ1v) is 8.44. The maximum Gasteiger partial charge on any atom is 0.256 e. The molecule has 1 aromatic heterocycles. The molecule has 1 fully saturated rings. The predicted octanol–water partition coefficient (Wildman–Crippen LogP) is 0.765. The Morgan fingerprint density at radius 3 is 2.71 bits per heavy atom. The normalized spacial score (nSPS) is 17.6. The Morgan fingerprint density at radius 1 is 1.48 bits per heavy atom. The summed E-state index contributed by atoms with van der Waals surface area (Å²) in [7, 11) is -3.18. The number of rotatable bonds is 4. The highest BCUT2D eigenvalue weighted by atomic mass is 32.2.